The minimum Gasteiger partial charge on any atom is -0.356 e. The molecule has 2 heterocycles. The number of rotatable bonds is 7. The summed E-state index contributed by atoms with van der Waals surface area (Å²) in [4.78, 5) is 15.2. The highest BCUT2D eigenvalue weighted by Gasteiger charge is 2.43. The number of amides is 1. The van der Waals surface area contributed by atoms with Crippen molar-refractivity contribution in [2.75, 3.05) is 31.1 Å². The SMILES string of the molecule is Cc1cc(F)ccc1[C@H]1CN(C2CS(=O)(=O)C2)CC[C@@H]1C(=O)NCCCc1cc(C(F)(F)F)cc(C(F)(F)F)c1. The van der Waals surface area contributed by atoms with Crippen LogP contribution in [0.5, 0.6) is 0 Å². The van der Waals surface area contributed by atoms with Crippen LogP contribution < -0.4 is 5.32 Å². The molecule has 0 spiro atoms. The van der Waals surface area contributed by atoms with Crippen LogP contribution in [0.4, 0.5) is 30.7 Å². The van der Waals surface area contributed by atoms with E-state index in [0.29, 0.717) is 37.2 Å². The predicted molar refractivity (Wildman–Crippen MR) is 134 cm³/mol. The number of sulfone groups is 1. The fourth-order valence-corrected chi connectivity index (χ4v) is 7.04. The number of hydrogen-bond acceptors (Lipinski definition) is 4. The van der Waals surface area contributed by atoms with E-state index in [1.807, 2.05) is 4.90 Å². The van der Waals surface area contributed by atoms with Gasteiger partial charge in [0.1, 0.15) is 5.82 Å². The summed E-state index contributed by atoms with van der Waals surface area (Å²) in [6.45, 7) is 2.64. The van der Waals surface area contributed by atoms with Gasteiger partial charge in [-0.1, -0.05) is 6.07 Å². The van der Waals surface area contributed by atoms with E-state index in [1.54, 1.807) is 13.0 Å². The molecule has 40 heavy (non-hydrogen) atoms. The van der Waals surface area contributed by atoms with E-state index in [9.17, 15) is 43.9 Å². The molecule has 0 radical (unpaired) electrons. The first-order valence-electron chi connectivity index (χ1n) is 12.8. The summed E-state index contributed by atoms with van der Waals surface area (Å²) in [6, 6.07) is 5.57. The number of nitrogens with zero attached hydrogens (tertiary/aromatic N) is 1. The first-order valence-corrected chi connectivity index (χ1v) is 14.6. The van der Waals surface area contributed by atoms with E-state index in [1.165, 1.54) is 12.1 Å². The first kappa shape index (κ1) is 30.3. The minimum atomic E-state index is -4.93. The van der Waals surface area contributed by atoms with Gasteiger partial charge < -0.3 is 5.32 Å². The van der Waals surface area contributed by atoms with Crippen molar-refractivity contribution in [1.29, 1.82) is 0 Å². The summed E-state index contributed by atoms with van der Waals surface area (Å²) in [5, 5.41) is 2.76. The quantitative estimate of drug-likeness (QED) is 0.357. The Hall–Kier alpha value is -2.67. The Kier molecular flexibility index (Phi) is 8.56. The lowest BCUT2D eigenvalue weighted by Gasteiger charge is -2.44. The van der Waals surface area contributed by atoms with Crippen molar-refractivity contribution >= 4 is 15.7 Å². The molecule has 0 unspecified atom stereocenters. The molecule has 4 rings (SSSR count). The van der Waals surface area contributed by atoms with Crippen LogP contribution in [-0.2, 0) is 33.4 Å². The normalized spacial score (nSPS) is 22.1. The summed E-state index contributed by atoms with van der Waals surface area (Å²) >= 11 is 0. The number of alkyl halides is 6. The van der Waals surface area contributed by atoms with Gasteiger partial charge in [-0.15, -0.1) is 0 Å². The molecule has 2 atom stereocenters. The molecule has 2 fully saturated rings. The number of halogens is 7. The van der Waals surface area contributed by atoms with Crippen LogP contribution in [-0.4, -0.2) is 56.4 Å². The van der Waals surface area contributed by atoms with Crippen molar-refractivity contribution in [2.24, 2.45) is 5.92 Å². The van der Waals surface area contributed by atoms with Crippen LogP contribution in [0.15, 0.2) is 36.4 Å². The molecule has 2 aromatic rings. The highest BCUT2D eigenvalue weighted by molar-refractivity contribution is 7.92. The topological polar surface area (TPSA) is 66.5 Å². The van der Waals surface area contributed by atoms with E-state index in [4.69, 9.17) is 0 Å². The Morgan fingerprint density at radius 3 is 2.17 bits per heavy atom. The first-order chi connectivity index (χ1) is 18.5. The fourth-order valence-electron chi connectivity index (χ4n) is 5.54. The Labute approximate surface area is 227 Å². The van der Waals surface area contributed by atoms with Crippen molar-refractivity contribution in [3.8, 4) is 0 Å². The summed E-state index contributed by atoms with van der Waals surface area (Å²) in [7, 11) is -3.06. The molecular weight excluding hydrogens is 565 g/mol. The van der Waals surface area contributed by atoms with Gasteiger partial charge in [0.15, 0.2) is 9.84 Å². The van der Waals surface area contributed by atoms with Gasteiger partial charge in [-0.2, -0.15) is 26.3 Å². The van der Waals surface area contributed by atoms with Gasteiger partial charge in [-0.3, -0.25) is 9.69 Å². The van der Waals surface area contributed by atoms with E-state index < -0.39 is 45.1 Å². The fraction of sp³-hybridized carbons (Fsp3) is 0.519. The number of carbonyl (C=O) groups excluding carboxylic acids is 1. The lowest BCUT2D eigenvalue weighted by atomic mass is 9.78. The lowest BCUT2D eigenvalue weighted by molar-refractivity contribution is -0.143. The monoisotopic (exact) mass is 594 g/mol. The van der Waals surface area contributed by atoms with Crippen LogP contribution in [0.25, 0.3) is 0 Å². The number of piperidine rings is 1. The van der Waals surface area contributed by atoms with Gasteiger partial charge in [0, 0.05) is 31.0 Å². The van der Waals surface area contributed by atoms with E-state index in [0.717, 1.165) is 5.56 Å². The van der Waals surface area contributed by atoms with Crippen molar-refractivity contribution in [3.63, 3.8) is 0 Å². The van der Waals surface area contributed by atoms with Crippen LogP contribution in [0.1, 0.15) is 46.6 Å². The number of aryl methyl sites for hydroxylation is 2. The van der Waals surface area contributed by atoms with Gasteiger partial charge in [-0.05, 0) is 79.8 Å². The molecule has 13 heteroatoms. The Balaban J connectivity index is 1.42. The highest BCUT2D eigenvalue weighted by atomic mass is 32.2. The third-order valence-electron chi connectivity index (χ3n) is 7.61. The number of benzene rings is 2. The average molecular weight is 595 g/mol. The van der Waals surface area contributed by atoms with E-state index in [2.05, 4.69) is 5.32 Å². The van der Waals surface area contributed by atoms with Gasteiger partial charge in [0.05, 0.1) is 22.6 Å². The van der Waals surface area contributed by atoms with Crippen LogP contribution in [0.2, 0.25) is 0 Å². The number of likely N-dealkylation sites (tertiary alicyclic amines) is 1. The zero-order chi connectivity index (χ0) is 29.5. The molecule has 0 saturated carbocycles. The molecule has 1 N–H and O–H groups in total. The number of nitrogens with one attached hydrogen (secondary N) is 1. The molecule has 0 bridgehead atoms. The molecular formula is C27H29F7N2O3S. The molecule has 2 aromatic carbocycles. The second-order valence-corrected chi connectivity index (χ2v) is 12.7. The molecule has 1 amide bonds. The molecule has 220 valence electrons. The second kappa shape index (κ2) is 11.3. The zero-order valence-corrected chi connectivity index (χ0v) is 22.4. The third-order valence-corrected chi connectivity index (χ3v) is 9.40. The smallest absolute Gasteiger partial charge is 0.356 e. The molecule has 2 aliphatic heterocycles. The predicted octanol–water partition coefficient (Wildman–Crippen LogP) is 5.12. The molecule has 2 saturated heterocycles. The third kappa shape index (κ3) is 7.15. The van der Waals surface area contributed by atoms with Gasteiger partial charge in [-0.25, -0.2) is 12.8 Å². The van der Waals surface area contributed by atoms with Crippen LogP contribution in [0, 0.1) is 18.7 Å². The van der Waals surface area contributed by atoms with Crippen molar-refractivity contribution in [1.82, 2.24) is 10.2 Å². The summed E-state index contributed by atoms with van der Waals surface area (Å²) in [6.07, 6.45) is -9.45. The standard InChI is InChI=1S/C27H29F7N2O3S/c1-16-9-20(28)4-5-22(16)24-13-36(21-14-40(38,39)15-21)8-6-23(24)25(37)35-7-2-3-17-10-18(26(29,30)31)12-19(11-17)27(32,33)34/h4-5,9-12,21,23-24H,2-3,6-8,13-15H2,1H3,(H,35,37)/t23-,24+/m0/s1. The maximum absolute atomic E-state index is 13.8. The second-order valence-electron chi connectivity index (χ2n) is 10.5. The number of hydrogen-bond donors (Lipinski definition) is 1. The lowest BCUT2D eigenvalue weighted by Crippen LogP contribution is -2.57. The molecule has 5 nitrogen and oxygen atoms in total. The van der Waals surface area contributed by atoms with Gasteiger partial charge in [0.25, 0.3) is 0 Å². The van der Waals surface area contributed by atoms with E-state index in [-0.39, 0.29) is 60.4 Å². The maximum atomic E-state index is 13.8. The summed E-state index contributed by atoms with van der Waals surface area (Å²) in [5.74, 6) is -1.54. The molecule has 2 aliphatic rings. The maximum Gasteiger partial charge on any atom is 0.416 e. The Morgan fingerprint density at radius 1 is 1.00 bits per heavy atom. The van der Waals surface area contributed by atoms with Crippen molar-refractivity contribution < 1.29 is 43.9 Å². The van der Waals surface area contributed by atoms with Crippen molar-refractivity contribution in [3.05, 3.63) is 70.0 Å². The molecule has 0 aliphatic carbocycles. The Morgan fingerprint density at radius 2 is 1.62 bits per heavy atom. The zero-order valence-electron chi connectivity index (χ0n) is 21.6. The molecule has 0 aromatic heterocycles. The highest BCUT2D eigenvalue weighted by Crippen LogP contribution is 2.38. The minimum absolute atomic E-state index is 0.0344. The average Bonchev–Trinajstić information content (AvgIpc) is 2.83. The van der Waals surface area contributed by atoms with Gasteiger partial charge >= 0.3 is 12.4 Å². The van der Waals surface area contributed by atoms with Crippen LogP contribution >= 0.6 is 0 Å². The van der Waals surface area contributed by atoms with Crippen molar-refractivity contribution in [2.45, 2.75) is 50.5 Å². The van der Waals surface area contributed by atoms with Crippen LogP contribution in [0.3, 0.4) is 0 Å². The van der Waals surface area contributed by atoms with Gasteiger partial charge in [0.2, 0.25) is 5.91 Å². The number of carbonyl (C=O) groups is 1. The largest absolute Gasteiger partial charge is 0.416 e. The summed E-state index contributed by atoms with van der Waals surface area (Å²) in [5.41, 5.74) is -1.50. The summed E-state index contributed by atoms with van der Waals surface area (Å²) < 4.78 is 116. The van der Waals surface area contributed by atoms with E-state index >= 15 is 0 Å². The Bertz CT molecular complexity index is 1310.